The van der Waals surface area contributed by atoms with Gasteiger partial charge in [-0.25, -0.2) is 0 Å². The molecule has 0 aromatic heterocycles. The zero-order valence-corrected chi connectivity index (χ0v) is 18.7. The molecule has 1 unspecified atom stereocenters. The standard InChI is InChI=1S/C22H20Cl3F3N2O/c23-16-7-15(8-17(24)9-16)21(22(26,27)28)5-6-30(12-21)18-4-3-14(19(25)10-18)11-29-20(31)13-1-2-13/h3-4,7-10,13H,1-2,5-6,11-12H2,(H,29,31). The maximum Gasteiger partial charge on any atom is 0.400 e. The molecule has 3 nitrogen and oxygen atoms in total. The first kappa shape index (κ1) is 22.6. The summed E-state index contributed by atoms with van der Waals surface area (Å²) < 4.78 is 42.8. The number of amides is 1. The second kappa shape index (κ2) is 8.38. The largest absolute Gasteiger partial charge is 0.400 e. The van der Waals surface area contributed by atoms with Gasteiger partial charge in [0.05, 0.1) is 0 Å². The van der Waals surface area contributed by atoms with Gasteiger partial charge in [-0.2, -0.15) is 13.2 Å². The van der Waals surface area contributed by atoms with Gasteiger partial charge in [0.2, 0.25) is 5.91 Å². The molecule has 2 aliphatic rings. The molecule has 1 atom stereocenters. The third-order valence-electron chi connectivity index (χ3n) is 6.03. The maximum absolute atomic E-state index is 14.3. The van der Waals surface area contributed by atoms with Gasteiger partial charge in [-0.3, -0.25) is 4.79 Å². The number of anilines is 1. The molecule has 4 rings (SSSR count). The Morgan fingerprint density at radius 3 is 2.35 bits per heavy atom. The SMILES string of the molecule is O=C(NCc1ccc(N2CCC(c3cc(Cl)cc(Cl)c3)(C(F)(F)F)C2)cc1Cl)C1CC1. The van der Waals surface area contributed by atoms with Gasteiger partial charge < -0.3 is 10.2 Å². The maximum atomic E-state index is 14.3. The van der Waals surface area contributed by atoms with Crippen molar-refractivity contribution in [3.8, 4) is 0 Å². The fourth-order valence-electron chi connectivity index (χ4n) is 4.04. The molecule has 1 saturated heterocycles. The molecule has 0 spiro atoms. The molecular formula is C22H20Cl3F3N2O. The van der Waals surface area contributed by atoms with Crippen molar-refractivity contribution < 1.29 is 18.0 Å². The summed E-state index contributed by atoms with van der Waals surface area (Å²) in [6, 6.07) is 9.23. The van der Waals surface area contributed by atoms with Crippen LogP contribution >= 0.6 is 34.8 Å². The summed E-state index contributed by atoms with van der Waals surface area (Å²) in [6.07, 6.45) is -2.78. The van der Waals surface area contributed by atoms with E-state index in [0.29, 0.717) is 17.3 Å². The normalized spacial score (nSPS) is 21.4. The lowest BCUT2D eigenvalue weighted by Crippen LogP contribution is -2.44. The minimum absolute atomic E-state index is 0.00910. The van der Waals surface area contributed by atoms with Crippen LogP contribution in [0.3, 0.4) is 0 Å². The minimum atomic E-state index is -4.48. The van der Waals surface area contributed by atoms with Crippen molar-refractivity contribution in [2.45, 2.75) is 37.4 Å². The van der Waals surface area contributed by atoms with Crippen LogP contribution in [-0.4, -0.2) is 25.2 Å². The van der Waals surface area contributed by atoms with Crippen molar-refractivity contribution in [2.75, 3.05) is 18.0 Å². The molecule has 31 heavy (non-hydrogen) atoms. The van der Waals surface area contributed by atoms with Gasteiger partial charge in [0.1, 0.15) is 5.41 Å². The lowest BCUT2D eigenvalue weighted by Gasteiger charge is -2.33. The van der Waals surface area contributed by atoms with Crippen LogP contribution in [0.25, 0.3) is 0 Å². The smallest absolute Gasteiger partial charge is 0.370 e. The molecule has 166 valence electrons. The van der Waals surface area contributed by atoms with Crippen molar-refractivity contribution in [1.29, 1.82) is 0 Å². The third-order valence-corrected chi connectivity index (χ3v) is 6.82. The number of benzene rings is 2. The fraction of sp³-hybridized carbons (Fsp3) is 0.409. The average Bonchev–Trinajstić information content (AvgIpc) is 3.43. The zero-order valence-electron chi connectivity index (χ0n) is 16.4. The summed E-state index contributed by atoms with van der Waals surface area (Å²) in [4.78, 5) is 13.5. The summed E-state index contributed by atoms with van der Waals surface area (Å²) in [5.41, 5.74) is -0.695. The van der Waals surface area contributed by atoms with Crippen molar-refractivity contribution >= 4 is 46.4 Å². The highest BCUT2D eigenvalue weighted by atomic mass is 35.5. The number of hydrogen-bond acceptors (Lipinski definition) is 2. The highest BCUT2D eigenvalue weighted by molar-refractivity contribution is 6.34. The van der Waals surface area contributed by atoms with E-state index in [1.165, 1.54) is 18.2 Å². The molecule has 1 N–H and O–H groups in total. The van der Waals surface area contributed by atoms with Crippen molar-refractivity contribution in [1.82, 2.24) is 5.32 Å². The molecular weight excluding hydrogens is 472 g/mol. The van der Waals surface area contributed by atoms with E-state index >= 15 is 0 Å². The van der Waals surface area contributed by atoms with E-state index in [1.54, 1.807) is 23.1 Å². The first-order valence-electron chi connectivity index (χ1n) is 9.93. The number of carbonyl (C=O) groups is 1. The topological polar surface area (TPSA) is 32.3 Å². The first-order valence-corrected chi connectivity index (χ1v) is 11.1. The second-order valence-corrected chi connectivity index (χ2v) is 9.46. The van der Waals surface area contributed by atoms with Crippen LogP contribution < -0.4 is 10.2 Å². The molecule has 2 fully saturated rings. The van der Waals surface area contributed by atoms with E-state index < -0.39 is 11.6 Å². The number of carbonyl (C=O) groups excluding carboxylic acids is 1. The van der Waals surface area contributed by atoms with Crippen LogP contribution in [0.5, 0.6) is 0 Å². The lowest BCUT2D eigenvalue weighted by molar-refractivity contribution is -0.184. The molecule has 1 saturated carbocycles. The fourth-order valence-corrected chi connectivity index (χ4v) is 4.81. The molecule has 1 heterocycles. The van der Waals surface area contributed by atoms with Crippen LogP contribution in [0.2, 0.25) is 15.1 Å². The molecule has 1 amide bonds. The van der Waals surface area contributed by atoms with Gasteiger partial charge in [0.15, 0.2) is 0 Å². The van der Waals surface area contributed by atoms with Crippen LogP contribution in [-0.2, 0) is 16.8 Å². The summed E-state index contributed by atoms with van der Waals surface area (Å²) >= 11 is 18.4. The molecule has 9 heteroatoms. The van der Waals surface area contributed by atoms with Crippen molar-refractivity contribution in [3.05, 3.63) is 62.6 Å². The van der Waals surface area contributed by atoms with E-state index in [9.17, 15) is 18.0 Å². The van der Waals surface area contributed by atoms with Crippen molar-refractivity contribution in [3.63, 3.8) is 0 Å². The van der Waals surface area contributed by atoms with E-state index in [4.69, 9.17) is 34.8 Å². The number of nitrogens with one attached hydrogen (secondary N) is 1. The Hall–Kier alpha value is -1.63. The Labute approximate surface area is 193 Å². The average molecular weight is 492 g/mol. The first-order chi connectivity index (χ1) is 14.6. The van der Waals surface area contributed by atoms with Gasteiger partial charge in [0.25, 0.3) is 0 Å². The van der Waals surface area contributed by atoms with Gasteiger partial charge in [-0.05, 0) is 60.7 Å². The van der Waals surface area contributed by atoms with Crippen LogP contribution in [0.15, 0.2) is 36.4 Å². The number of nitrogens with zero attached hydrogens (tertiary/aromatic N) is 1. The summed E-state index contributed by atoms with van der Waals surface area (Å²) in [5, 5.41) is 3.59. The molecule has 0 bridgehead atoms. The Morgan fingerprint density at radius 2 is 1.77 bits per heavy atom. The van der Waals surface area contributed by atoms with E-state index in [-0.39, 0.29) is 46.9 Å². The number of hydrogen-bond donors (Lipinski definition) is 1. The van der Waals surface area contributed by atoms with E-state index in [2.05, 4.69) is 5.32 Å². The van der Waals surface area contributed by atoms with E-state index in [0.717, 1.165) is 18.4 Å². The quantitative estimate of drug-likeness (QED) is 0.526. The Kier molecular flexibility index (Phi) is 6.10. The monoisotopic (exact) mass is 490 g/mol. The third kappa shape index (κ3) is 4.62. The van der Waals surface area contributed by atoms with Gasteiger partial charge >= 0.3 is 6.18 Å². The second-order valence-electron chi connectivity index (χ2n) is 8.18. The van der Waals surface area contributed by atoms with E-state index in [1.807, 2.05) is 0 Å². The Bertz CT molecular complexity index is 990. The summed E-state index contributed by atoms with van der Waals surface area (Å²) in [5.74, 6) is 0.105. The van der Waals surface area contributed by atoms with Crippen LogP contribution in [0, 0.1) is 5.92 Å². The van der Waals surface area contributed by atoms with Crippen LogP contribution in [0.4, 0.5) is 18.9 Å². The molecule has 1 aliphatic heterocycles. The molecule has 2 aromatic carbocycles. The van der Waals surface area contributed by atoms with Gasteiger partial charge in [0, 0.05) is 46.3 Å². The van der Waals surface area contributed by atoms with Crippen molar-refractivity contribution in [2.24, 2.45) is 5.92 Å². The number of rotatable bonds is 5. The number of halogens is 6. The van der Waals surface area contributed by atoms with Gasteiger partial charge in [-0.15, -0.1) is 0 Å². The number of alkyl halides is 3. The van der Waals surface area contributed by atoms with Gasteiger partial charge in [-0.1, -0.05) is 40.9 Å². The lowest BCUT2D eigenvalue weighted by atomic mass is 9.79. The molecule has 0 radical (unpaired) electrons. The molecule has 2 aromatic rings. The minimum Gasteiger partial charge on any atom is -0.370 e. The predicted octanol–water partition coefficient (Wildman–Crippen LogP) is 6.38. The predicted molar refractivity (Wildman–Crippen MR) is 117 cm³/mol. The highest BCUT2D eigenvalue weighted by Crippen LogP contribution is 2.49. The zero-order chi connectivity index (χ0) is 22.4. The highest BCUT2D eigenvalue weighted by Gasteiger charge is 2.59. The Morgan fingerprint density at radius 1 is 1.10 bits per heavy atom. The molecule has 1 aliphatic carbocycles. The Balaban J connectivity index is 1.55. The summed E-state index contributed by atoms with van der Waals surface area (Å²) in [7, 11) is 0. The summed E-state index contributed by atoms with van der Waals surface area (Å²) in [6.45, 7) is 0.237. The van der Waals surface area contributed by atoms with Crippen LogP contribution in [0.1, 0.15) is 30.4 Å².